The minimum absolute atomic E-state index is 0.0448. The smallest absolute Gasteiger partial charge is 0.421 e. The molecule has 1 saturated carbocycles. The molecule has 4 N–H and O–H groups in total. The molecule has 28 nitrogen and oxygen atoms in total. The van der Waals surface area contributed by atoms with Crippen molar-refractivity contribution in [2.24, 2.45) is 34.6 Å². The highest BCUT2D eigenvalue weighted by Gasteiger charge is 2.51. The predicted octanol–water partition coefficient (Wildman–Crippen LogP) is 8.84. The number of fused-ring (bicyclic) bond motifs is 6. The number of ether oxygens (including phenoxy) is 8. The topological polar surface area (TPSA) is 337 Å². The summed E-state index contributed by atoms with van der Waals surface area (Å²) >= 11 is 0. The van der Waals surface area contributed by atoms with Crippen molar-refractivity contribution in [1.29, 1.82) is 0 Å². The van der Waals surface area contributed by atoms with E-state index in [4.69, 9.17) is 37.9 Å². The molecule has 0 unspecified atom stereocenters. The molecule has 554 valence electrons. The molecule has 10 rings (SSSR count). The number of nitrogens with one attached hydrogen (secondary N) is 3. The number of amides is 5. The van der Waals surface area contributed by atoms with Crippen molar-refractivity contribution in [3.8, 4) is 23.0 Å². The van der Waals surface area contributed by atoms with Crippen LogP contribution in [0.1, 0.15) is 163 Å². The average molecular weight is 1440 g/mol. The summed E-state index contributed by atoms with van der Waals surface area (Å²) in [6.45, 7) is 19.0. The number of aliphatic imine (C=N–C) groups is 1. The van der Waals surface area contributed by atoms with Gasteiger partial charge in [0.1, 0.15) is 12.4 Å². The first kappa shape index (κ1) is 77.4. The van der Waals surface area contributed by atoms with Gasteiger partial charge in [-0.3, -0.25) is 24.2 Å². The van der Waals surface area contributed by atoms with E-state index < -0.39 is 52.5 Å². The Hall–Kier alpha value is -8.77. The number of hydrogen-bond donors (Lipinski definition) is 4. The van der Waals surface area contributed by atoms with Crippen molar-refractivity contribution in [2.75, 3.05) is 71.9 Å². The van der Waals surface area contributed by atoms with E-state index in [2.05, 4.69) is 39.2 Å². The third-order valence-corrected chi connectivity index (χ3v) is 20.1. The van der Waals surface area contributed by atoms with Crippen LogP contribution in [-0.2, 0) is 69.4 Å². The van der Waals surface area contributed by atoms with Gasteiger partial charge in [0.25, 0.3) is 11.8 Å². The normalized spacial score (nSPS) is 20.0. The number of aromatic nitrogens is 3. The lowest BCUT2D eigenvalue weighted by Gasteiger charge is -2.31. The minimum atomic E-state index is -3.99. The summed E-state index contributed by atoms with van der Waals surface area (Å²) in [5.74, 6) is 0.866. The maximum absolute atomic E-state index is 14.1. The van der Waals surface area contributed by atoms with Crippen molar-refractivity contribution in [1.82, 2.24) is 39.6 Å². The highest BCUT2D eigenvalue weighted by atomic mass is 32.2. The molecule has 5 amide bonds. The minimum Gasteiger partial charge on any atom is -0.493 e. The van der Waals surface area contributed by atoms with Crippen LogP contribution in [0.4, 0.5) is 21.0 Å². The van der Waals surface area contributed by atoms with Gasteiger partial charge < -0.3 is 62.9 Å². The monoisotopic (exact) mass is 1430 g/mol. The second kappa shape index (κ2) is 35.4. The van der Waals surface area contributed by atoms with Crippen LogP contribution < -0.4 is 38.6 Å². The molecule has 0 radical (unpaired) electrons. The van der Waals surface area contributed by atoms with Crippen molar-refractivity contribution in [3.05, 3.63) is 106 Å². The number of unbranched alkanes of at least 4 members (excludes halogenated alkanes) is 2. The van der Waals surface area contributed by atoms with Gasteiger partial charge in [0.15, 0.2) is 35.0 Å². The number of ketones is 2. The van der Waals surface area contributed by atoms with Crippen molar-refractivity contribution >= 4 is 69.3 Å². The summed E-state index contributed by atoms with van der Waals surface area (Å²) in [7, 11) is -1.01. The average Bonchev–Trinajstić information content (AvgIpc) is 1.59. The largest absolute Gasteiger partial charge is 0.493 e. The van der Waals surface area contributed by atoms with Gasteiger partial charge in [-0.05, 0) is 153 Å². The van der Waals surface area contributed by atoms with Gasteiger partial charge in [0.05, 0.1) is 106 Å². The van der Waals surface area contributed by atoms with Gasteiger partial charge >= 0.3 is 22.4 Å². The molecule has 29 heteroatoms. The molecule has 0 bridgehead atoms. The first-order chi connectivity index (χ1) is 48.8. The van der Waals surface area contributed by atoms with Crippen LogP contribution >= 0.6 is 0 Å². The summed E-state index contributed by atoms with van der Waals surface area (Å²) in [6.07, 6.45) is 8.97. The van der Waals surface area contributed by atoms with Gasteiger partial charge in [-0.2, -0.15) is 13.1 Å². The fraction of sp³-hybridized carbons (Fsp3) is 0.562. The molecule has 5 heterocycles. The molecule has 1 fully saturated rings. The van der Waals surface area contributed by atoms with Crippen molar-refractivity contribution in [2.45, 2.75) is 170 Å². The van der Waals surface area contributed by atoms with Gasteiger partial charge in [0, 0.05) is 68.7 Å². The van der Waals surface area contributed by atoms with Crippen LogP contribution in [0.25, 0.3) is 0 Å². The summed E-state index contributed by atoms with van der Waals surface area (Å²) in [4.78, 5) is 100. The summed E-state index contributed by atoms with van der Waals surface area (Å²) in [5, 5.41) is 23.2. The molecular formula is C73H98N10O18S. The van der Waals surface area contributed by atoms with Gasteiger partial charge in [-0.1, -0.05) is 54.5 Å². The number of benzene rings is 3. The lowest BCUT2D eigenvalue weighted by atomic mass is 9.89. The zero-order valence-electron chi connectivity index (χ0n) is 60.2. The first-order valence-corrected chi connectivity index (χ1v) is 36.6. The third-order valence-electron chi connectivity index (χ3n) is 19.0. The molecule has 8 atom stereocenters. The highest BCUT2D eigenvalue weighted by molar-refractivity contribution is 7.88. The Balaban J connectivity index is 0.000000315. The fourth-order valence-electron chi connectivity index (χ4n) is 13.5. The number of Topliss-reactive ketones (excluding diaryl/α,β-unsaturated/α-hetero) is 2. The van der Waals surface area contributed by atoms with Gasteiger partial charge in [-0.25, -0.2) is 23.9 Å². The number of nitrogens with zero attached hydrogens (tertiary/aromatic N) is 7. The number of aliphatic hydroxyl groups excluding tert-OH is 1. The summed E-state index contributed by atoms with van der Waals surface area (Å²) in [6, 6.07) is 11.9. The molecule has 0 saturated heterocycles. The molecular weight excluding hydrogens is 1340 g/mol. The maximum atomic E-state index is 14.1. The lowest BCUT2D eigenvalue weighted by molar-refractivity contribution is -0.132. The number of rotatable bonds is 32. The summed E-state index contributed by atoms with van der Waals surface area (Å²) < 4.78 is 75.0. The number of aliphatic hydroxyl groups is 1. The number of carbonyl (C=O) groups excluding carboxylic acids is 7. The number of carbonyl (C=O) groups is 7. The second-order valence-corrected chi connectivity index (χ2v) is 28.8. The van der Waals surface area contributed by atoms with Gasteiger partial charge in [-0.15, -0.1) is 5.10 Å². The first-order valence-electron chi connectivity index (χ1n) is 35.1. The van der Waals surface area contributed by atoms with Crippen LogP contribution in [0.3, 0.4) is 0 Å². The van der Waals surface area contributed by atoms with Crippen LogP contribution in [0.5, 0.6) is 23.0 Å². The molecule has 4 aromatic rings. The van der Waals surface area contributed by atoms with Crippen LogP contribution in [0, 0.1) is 29.6 Å². The Kier molecular flexibility index (Phi) is 26.9. The third kappa shape index (κ3) is 19.7. The Morgan fingerprint density at radius 2 is 1.38 bits per heavy atom. The summed E-state index contributed by atoms with van der Waals surface area (Å²) in [5.41, 5.74) is 6.71. The second-order valence-electron chi connectivity index (χ2n) is 27.3. The van der Waals surface area contributed by atoms with Crippen LogP contribution in [0.2, 0.25) is 0 Å². The van der Waals surface area contributed by atoms with E-state index in [1.807, 2.05) is 50.2 Å². The number of aryl methyl sites for hydroxylation is 1. The van der Waals surface area contributed by atoms with E-state index in [0.717, 1.165) is 53.8 Å². The molecule has 3 aromatic carbocycles. The van der Waals surface area contributed by atoms with Crippen molar-refractivity contribution < 1.29 is 85.0 Å². The van der Waals surface area contributed by atoms with E-state index >= 15 is 0 Å². The Morgan fingerprint density at radius 1 is 0.745 bits per heavy atom. The lowest BCUT2D eigenvalue weighted by Crippen LogP contribution is -2.50. The number of anilines is 1. The molecule has 6 aliphatic rings. The zero-order chi connectivity index (χ0) is 73.5. The number of methoxy groups -OCH3 is 2. The zero-order valence-corrected chi connectivity index (χ0v) is 61.0. The molecule has 102 heavy (non-hydrogen) atoms. The molecule has 0 spiro atoms. The standard InChI is InChI=1S/C53H63N5O12.C20H35N5O6S/c1-30(2)38(20-33(5)59)49(61)55-34(6)44(60)21-35-12-14-36(15-13-35)29-70-53(65)58-42-25-48(46(67-8)23-40(42)51(63)57-28-32(4)19-43(57)52(58)64)69-17-11-9-10-16-68-47-24-41-39(22-45(47)66-7)50(62)56-27-31(3)18-37(56)26-54-41;1-4-29-11-12-30-10-9-21-32(27,28)23-20(26)31-13-17-15-5-7-18-19(8-6-16(15)17)25(14(2)3)24-22-18/h12-15,22-28,30,34,37-38,43,52,64H,9-11,16-21,29H2,1-8H3,(H,55,61);14-17,21H,4-13H2,1-3H3,(H,23,26)/t34-,37-,38-,43-,52-;15-,16+,17-/m00/s1. The van der Waals surface area contributed by atoms with Crippen molar-refractivity contribution in [3.63, 3.8) is 0 Å². The Morgan fingerprint density at radius 3 is 2.05 bits per heavy atom. The molecule has 2 aliphatic carbocycles. The maximum Gasteiger partial charge on any atom is 0.421 e. The van der Waals surface area contributed by atoms with E-state index in [-0.39, 0.29) is 116 Å². The molecule has 4 aliphatic heterocycles. The van der Waals surface area contributed by atoms with Crippen LogP contribution in [-0.4, -0.2) is 177 Å². The fourth-order valence-corrected chi connectivity index (χ4v) is 14.2. The van der Waals surface area contributed by atoms with Crippen LogP contribution in [0.15, 0.2) is 77.1 Å². The predicted molar refractivity (Wildman–Crippen MR) is 377 cm³/mol. The van der Waals surface area contributed by atoms with E-state index in [1.165, 1.54) is 43.9 Å². The highest BCUT2D eigenvalue weighted by Crippen LogP contribution is 2.53. The SMILES string of the molecule is CCOCCOCCNS(=O)(=O)NC(=O)OC[C@@H]1[C@@H]2CCc3c(nnn3C(C)C)CC[C@@H]21.COc1cc2c(cc1OCCCCCOc1cc3c(cc1OC)C(=O)N1C=C(C)C[C@H]1[C@H](O)N3C(=O)OCc1ccc(CC(=O)[C@H](C)NC(=O)[C@@H](CC(C)=O)C(C)C)cc1)N=C[C@@H]1CC(C)=CN1C2=O. The van der Waals surface area contributed by atoms with E-state index in [9.17, 15) is 47.1 Å². The number of hydrogen-bond acceptors (Lipinski definition) is 21. The molecule has 1 aromatic heterocycles. The van der Waals surface area contributed by atoms with E-state index in [0.29, 0.717) is 97.8 Å². The Labute approximate surface area is 596 Å². The van der Waals surface area contributed by atoms with E-state index in [1.54, 1.807) is 60.6 Å². The quantitative estimate of drug-likeness (QED) is 0.0332. The van der Waals surface area contributed by atoms with Gasteiger partial charge in [0.2, 0.25) is 5.91 Å². The Bertz CT molecular complexity index is 3890.